The highest BCUT2D eigenvalue weighted by molar-refractivity contribution is 5.91. The van der Waals surface area contributed by atoms with Gasteiger partial charge in [0.05, 0.1) is 6.10 Å². The van der Waals surface area contributed by atoms with E-state index in [0.29, 0.717) is 17.6 Å². The van der Waals surface area contributed by atoms with Crippen LogP contribution in [0.5, 0.6) is 0 Å². The lowest BCUT2D eigenvalue weighted by Gasteiger charge is -2.10. The zero-order chi connectivity index (χ0) is 12.8. The van der Waals surface area contributed by atoms with Gasteiger partial charge in [0.1, 0.15) is 5.82 Å². The Bertz CT molecular complexity index is 388. The van der Waals surface area contributed by atoms with Gasteiger partial charge in [-0.25, -0.2) is 0 Å². The predicted molar refractivity (Wildman–Crippen MR) is 67.5 cm³/mol. The minimum absolute atomic E-state index is 0.228. The van der Waals surface area contributed by atoms with Gasteiger partial charge in [-0.15, -0.1) is 10.2 Å². The average Bonchev–Trinajstić information content (AvgIpc) is 2.92. The monoisotopic (exact) mass is 250 g/mol. The summed E-state index contributed by atoms with van der Waals surface area (Å²) in [6.07, 6.45) is 3.64. The molecule has 0 aliphatic carbocycles. The maximum Gasteiger partial charge on any atom is 0.271 e. The summed E-state index contributed by atoms with van der Waals surface area (Å²) in [5.74, 6) is 0.453. The van der Waals surface area contributed by atoms with Crippen molar-refractivity contribution in [3.8, 4) is 0 Å². The molecule has 18 heavy (non-hydrogen) atoms. The van der Waals surface area contributed by atoms with Crippen molar-refractivity contribution in [1.82, 2.24) is 15.5 Å². The number of rotatable bonds is 5. The van der Waals surface area contributed by atoms with Crippen molar-refractivity contribution in [2.45, 2.75) is 25.4 Å². The van der Waals surface area contributed by atoms with Crippen LogP contribution in [0.4, 0.5) is 5.82 Å². The van der Waals surface area contributed by atoms with E-state index in [1.54, 1.807) is 19.2 Å². The van der Waals surface area contributed by atoms with Gasteiger partial charge in [-0.1, -0.05) is 0 Å². The highest BCUT2D eigenvalue weighted by Crippen LogP contribution is 2.15. The lowest BCUT2D eigenvalue weighted by atomic mass is 10.2. The van der Waals surface area contributed by atoms with Gasteiger partial charge in [0.15, 0.2) is 5.69 Å². The number of carbonyl (C=O) groups is 1. The van der Waals surface area contributed by atoms with Gasteiger partial charge < -0.3 is 15.4 Å². The topological polar surface area (TPSA) is 76.1 Å². The number of aromatic nitrogens is 2. The molecule has 0 radical (unpaired) electrons. The number of ether oxygens (including phenoxy) is 1. The maximum atomic E-state index is 11.3. The van der Waals surface area contributed by atoms with E-state index in [0.717, 1.165) is 32.4 Å². The molecule has 1 aliphatic rings. The first-order valence-electron chi connectivity index (χ1n) is 6.21. The number of amides is 1. The van der Waals surface area contributed by atoms with E-state index in [4.69, 9.17) is 4.74 Å². The molecule has 2 rings (SSSR count). The fraction of sp³-hybridized carbons (Fsp3) is 0.583. The second kappa shape index (κ2) is 6.30. The molecular weight excluding hydrogens is 232 g/mol. The molecule has 98 valence electrons. The Balaban J connectivity index is 1.77. The van der Waals surface area contributed by atoms with E-state index in [1.807, 2.05) is 0 Å². The van der Waals surface area contributed by atoms with Crippen molar-refractivity contribution in [1.29, 1.82) is 0 Å². The summed E-state index contributed by atoms with van der Waals surface area (Å²) in [6.45, 7) is 1.68. The lowest BCUT2D eigenvalue weighted by molar-refractivity contribution is 0.0957. The zero-order valence-electron chi connectivity index (χ0n) is 10.5. The van der Waals surface area contributed by atoms with Crippen molar-refractivity contribution in [3.63, 3.8) is 0 Å². The molecule has 0 spiro atoms. The van der Waals surface area contributed by atoms with E-state index in [1.165, 1.54) is 0 Å². The van der Waals surface area contributed by atoms with Gasteiger partial charge in [0.2, 0.25) is 0 Å². The third-order valence-electron chi connectivity index (χ3n) is 2.92. The third kappa shape index (κ3) is 3.40. The van der Waals surface area contributed by atoms with Crippen LogP contribution in [0.25, 0.3) is 0 Å². The van der Waals surface area contributed by atoms with Gasteiger partial charge in [-0.05, 0) is 31.4 Å². The molecule has 2 heterocycles. The van der Waals surface area contributed by atoms with Crippen LogP contribution in [-0.4, -0.2) is 42.4 Å². The molecule has 6 heteroatoms. The Morgan fingerprint density at radius 3 is 3.00 bits per heavy atom. The van der Waals surface area contributed by atoms with Crippen LogP contribution in [0, 0.1) is 0 Å². The second-order valence-electron chi connectivity index (χ2n) is 4.23. The van der Waals surface area contributed by atoms with Crippen molar-refractivity contribution >= 4 is 11.7 Å². The molecule has 0 aromatic carbocycles. The van der Waals surface area contributed by atoms with Crippen LogP contribution in [0.15, 0.2) is 12.1 Å². The fourth-order valence-corrected chi connectivity index (χ4v) is 1.91. The summed E-state index contributed by atoms with van der Waals surface area (Å²) in [5.41, 5.74) is 0.321. The smallest absolute Gasteiger partial charge is 0.271 e. The summed E-state index contributed by atoms with van der Waals surface area (Å²) in [4.78, 5) is 11.3. The van der Waals surface area contributed by atoms with Gasteiger partial charge in [0.25, 0.3) is 5.91 Å². The van der Waals surface area contributed by atoms with Crippen molar-refractivity contribution < 1.29 is 9.53 Å². The number of carbonyl (C=O) groups excluding carboxylic acids is 1. The van der Waals surface area contributed by atoms with E-state index in [9.17, 15) is 4.79 Å². The molecule has 1 fully saturated rings. The first-order chi connectivity index (χ1) is 8.79. The van der Waals surface area contributed by atoms with Crippen molar-refractivity contribution in [3.05, 3.63) is 17.8 Å². The Kier molecular flexibility index (Phi) is 4.46. The minimum atomic E-state index is -0.228. The number of nitrogens with zero attached hydrogens (tertiary/aromatic N) is 2. The van der Waals surface area contributed by atoms with E-state index in [2.05, 4.69) is 20.8 Å². The Hall–Kier alpha value is -1.69. The number of anilines is 1. The standard InChI is InChI=1S/C12H18N4O2/c1-13-12(17)10-4-5-11(16-15-10)14-7-6-9-3-2-8-18-9/h4-5,9H,2-3,6-8H2,1H3,(H,13,17)(H,14,16). The third-order valence-corrected chi connectivity index (χ3v) is 2.92. The minimum Gasteiger partial charge on any atom is -0.378 e. The molecule has 1 unspecified atom stereocenters. The molecule has 1 aromatic rings. The molecule has 1 saturated heterocycles. The Morgan fingerprint density at radius 2 is 2.39 bits per heavy atom. The quantitative estimate of drug-likeness (QED) is 0.809. The molecule has 6 nitrogen and oxygen atoms in total. The van der Waals surface area contributed by atoms with E-state index < -0.39 is 0 Å². The Morgan fingerprint density at radius 1 is 1.50 bits per heavy atom. The maximum absolute atomic E-state index is 11.3. The van der Waals surface area contributed by atoms with Crippen LogP contribution in [0.1, 0.15) is 29.8 Å². The highest BCUT2D eigenvalue weighted by Gasteiger charge is 2.14. The first-order valence-corrected chi connectivity index (χ1v) is 6.21. The predicted octanol–water partition coefficient (Wildman–Crippen LogP) is 0.817. The van der Waals surface area contributed by atoms with Crippen LogP contribution < -0.4 is 10.6 Å². The van der Waals surface area contributed by atoms with Crippen molar-refractivity contribution in [2.24, 2.45) is 0 Å². The summed E-state index contributed by atoms with van der Waals surface area (Å²) < 4.78 is 5.53. The number of hydrogen-bond donors (Lipinski definition) is 2. The molecule has 1 aliphatic heterocycles. The van der Waals surface area contributed by atoms with Gasteiger partial charge in [-0.3, -0.25) is 4.79 Å². The molecule has 1 atom stereocenters. The SMILES string of the molecule is CNC(=O)c1ccc(NCCC2CCCO2)nn1. The summed E-state index contributed by atoms with van der Waals surface area (Å²) in [6, 6.07) is 3.41. The largest absolute Gasteiger partial charge is 0.378 e. The summed E-state index contributed by atoms with van der Waals surface area (Å²) in [7, 11) is 1.57. The lowest BCUT2D eigenvalue weighted by Crippen LogP contribution is -2.20. The molecule has 1 amide bonds. The van der Waals surface area contributed by atoms with Crippen molar-refractivity contribution in [2.75, 3.05) is 25.5 Å². The van der Waals surface area contributed by atoms with E-state index >= 15 is 0 Å². The molecule has 0 saturated carbocycles. The average molecular weight is 250 g/mol. The molecular formula is C12H18N4O2. The van der Waals surface area contributed by atoms with Gasteiger partial charge in [0, 0.05) is 20.2 Å². The van der Waals surface area contributed by atoms with Gasteiger partial charge >= 0.3 is 0 Å². The van der Waals surface area contributed by atoms with Crippen LogP contribution in [-0.2, 0) is 4.74 Å². The van der Waals surface area contributed by atoms with Crippen LogP contribution >= 0.6 is 0 Å². The number of hydrogen-bond acceptors (Lipinski definition) is 5. The second-order valence-corrected chi connectivity index (χ2v) is 4.23. The summed E-state index contributed by atoms with van der Waals surface area (Å²) >= 11 is 0. The molecule has 0 bridgehead atoms. The van der Waals surface area contributed by atoms with Crippen LogP contribution in [0.2, 0.25) is 0 Å². The summed E-state index contributed by atoms with van der Waals surface area (Å²) in [5, 5.41) is 13.5. The number of nitrogens with one attached hydrogen (secondary N) is 2. The normalized spacial score (nSPS) is 18.6. The Labute approximate surface area is 106 Å². The molecule has 1 aromatic heterocycles. The van der Waals surface area contributed by atoms with Crippen LogP contribution in [0.3, 0.4) is 0 Å². The first kappa shape index (κ1) is 12.8. The molecule has 2 N–H and O–H groups in total. The van der Waals surface area contributed by atoms with E-state index in [-0.39, 0.29) is 5.91 Å². The van der Waals surface area contributed by atoms with Gasteiger partial charge in [-0.2, -0.15) is 0 Å². The fourth-order valence-electron chi connectivity index (χ4n) is 1.91. The zero-order valence-corrected chi connectivity index (χ0v) is 10.5. The highest BCUT2D eigenvalue weighted by atomic mass is 16.5.